The van der Waals surface area contributed by atoms with Gasteiger partial charge in [-0.25, -0.2) is 0 Å². The zero-order chi connectivity index (χ0) is 14.4. The van der Waals surface area contributed by atoms with Gasteiger partial charge in [-0.3, -0.25) is 0 Å². The minimum absolute atomic E-state index is 0.0206. The lowest BCUT2D eigenvalue weighted by Gasteiger charge is -2.20. The summed E-state index contributed by atoms with van der Waals surface area (Å²) in [6.45, 7) is 1.82. The van der Waals surface area contributed by atoms with Gasteiger partial charge in [0.05, 0.1) is 0 Å². The van der Waals surface area contributed by atoms with Gasteiger partial charge in [0.1, 0.15) is 0 Å². The Kier molecular flexibility index (Phi) is 2.89. The summed E-state index contributed by atoms with van der Waals surface area (Å²) in [5, 5.41) is 23.8. The molecule has 0 saturated carbocycles. The minimum atomic E-state index is 0.0206. The summed E-state index contributed by atoms with van der Waals surface area (Å²) in [5.74, 6) is 0.793. The Morgan fingerprint density at radius 1 is 1.05 bits per heavy atom. The molecule has 2 aromatic carbocycles. The van der Waals surface area contributed by atoms with Crippen LogP contribution in [0.5, 0.6) is 11.5 Å². The van der Waals surface area contributed by atoms with Gasteiger partial charge in [0.25, 0.3) is 0 Å². The summed E-state index contributed by atoms with van der Waals surface area (Å²) in [6.07, 6.45) is 1.91. The molecule has 0 fully saturated rings. The SMILES string of the molecule is Oc1cc2c3c(c1O)CC[C@H]3CNC[C@@H]2c1ccccc1. The topological polar surface area (TPSA) is 52.5 Å². The first-order chi connectivity index (χ1) is 10.3. The molecule has 3 N–H and O–H groups in total. The molecule has 21 heavy (non-hydrogen) atoms. The van der Waals surface area contributed by atoms with Gasteiger partial charge in [-0.05, 0) is 41.5 Å². The van der Waals surface area contributed by atoms with Crippen LogP contribution in [-0.2, 0) is 6.42 Å². The van der Waals surface area contributed by atoms with Gasteiger partial charge < -0.3 is 15.5 Å². The van der Waals surface area contributed by atoms with E-state index in [1.54, 1.807) is 6.07 Å². The molecule has 0 radical (unpaired) electrons. The molecule has 0 spiro atoms. The molecule has 2 aromatic rings. The normalized spacial score (nSPS) is 23.6. The Hall–Kier alpha value is -2.00. The van der Waals surface area contributed by atoms with Crippen molar-refractivity contribution in [2.45, 2.75) is 24.7 Å². The van der Waals surface area contributed by atoms with Crippen molar-refractivity contribution in [1.29, 1.82) is 0 Å². The summed E-state index contributed by atoms with van der Waals surface area (Å²) < 4.78 is 0. The van der Waals surface area contributed by atoms with E-state index in [0.717, 1.165) is 31.5 Å². The molecule has 0 amide bonds. The maximum atomic E-state index is 10.2. The molecule has 108 valence electrons. The summed E-state index contributed by atoms with van der Waals surface area (Å²) >= 11 is 0. The van der Waals surface area contributed by atoms with Crippen molar-refractivity contribution in [2.75, 3.05) is 13.1 Å². The Bertz CT molecular complexity index is 681. The molecule has 2 atom stereocenters. The second-order valence-corrected chi connectivity index (χ2v) is 6.08. The number of rotatable bonds is 1. The lowest BCUT2D eigenvalue weighted by atomic mass is 9.85. The molecule has 3 nitrogen and oxygen atoms in total. The van der Waals surface area contributed by atoms with Crippen LogP contribution in [0.15, 0.2) is 36.4 Å². The third-order valence-electron chi connectivity index (χ3n) is 4.92. The van der Waals surface area contributed by atoms with Crippen LogP contribution in [0, 0.1) is 0 Å². The van der Waals surface area contributed by atoms with Crippen LogP contribution < -0.4 is 5.32 Å². The average Bonchev–Trinajstić information content (AvgIpc) is 2.85. The molecular weight excluding hydrogens is 262 g/mol. The predicted octanol–water partition coefficient (Wildman–Crippen LogP) is 2.86. The molecule has 1 aliphatic carbocycles. The van der Waals surface area contributed by atoms with Crippen LogP contribution in [0.2, 0.25) is 0 Å². The smallest absolute Gasteiger partial charge is 0.160 e. The van der Waals surface area contributed by atoms with Crippen LogP contribution in [0.25, 0.3) is 0 Å². The van der Waals surface area contributed by atoms with E-state index in [1.165, 1.54) is 16.7 Å². The summed E-state index contributed by atoms with van der Waals surface area (Å²) in [6, 6.07) is 12.2. The number of hydrogen-bond acceptors (Lipinski definition) is 3. The standard InChI is InChI=1S/C18H19NO2/c20-16-8-14-15(11-4-2-1-3-5-11)10-19-9-12-6-7-13(17(12)14)18(16)21/h1-5,8,12,15,19-21H,6-7,9-10H2/t12-,15+/m0/s1. The highest BCUT2D eigenvalue weighted by Crippen LogP contribution is 2.48. The Labute approximate surface area is 124 Å². The third kappa shape index (κ3) is 1.92. The average molecular weight is 281 g/mol. The van der Waals surface area contributed by atoms with E-state index in [2.05, 4.69) is 29.6 Å². The van der Waals surface area contributed by atoms with Crippen LogP contribution in [0.3, 0.4) is 0 Å². The fourth-order valence-corrected chi connectivity index (χ4v) is 3.93. The number of aromatic hydroxyl groups is 2. The zero-order valence-corrected chi connectivity index (χ0v) is 11.8. The molecule has 4 rings (SSSR count). The second kappa shape index (κ2) is 4.78. The van der Waals surface area contributed by atoms with E-state index in [1.807, 2.05) is 6.07 Å². The minimum Gasteiger partial charge on any atom is -0.504 e. The van der Waals surface area contributed by atoms with Crippen molar-refractivity contribution in [3.63, 3.8) is 0 Å². The van der Waals surface area contributed by atoms with E-state index < -0.39 is 0 Å². The number of phenols is 2. The van der Waals surface area contributed by atoms with E-state index in [9.17, 15) is 10.2 Å². The highest BCUT2D eigenvalue weighted by Gasteiger charge is 2.34. The third-order valence-corrected chi connectivity index (χ3v) is 4.92. The van der Waals surface area contributed by atoms with Gasteiger partial charge in [-0.1, -0.05) is 30.3 Å². The second-order valence-electron chi connectivity index (χ2n) is 6.08. The van der Waals surface area contributed by atoms with E-state index in [4.69, 9.17) is 0 Å². The molecule has 1 aliphatic heterocycles. The fourth-order valence-electron chi connectivity index (χ4n) is 3.93. The van der Waals surface area contributed by atoms with Crippen LogP contribution in [0.1, 0.15) is 40.5 Å². The summed E-state index contributed by atoms with van der Waals surface area (Å²) in [4.78, 5) is 0. The molecule has 0 unspecified atom stereocenters. The van der Waals surface area contributed by atoms with Crippen molar-refractivity contribution >= 4 is 0 Å². The number of phenolic OH excluding ortho intramolecular Hbond substituents is 2. The highest BCUT2D eigenvalue weighted by molar-refractivity contribution is 5.59. The van der Waals surface area contributed by atoms with Crippen molar-refractivity contribution < 1.29 is 10.2 Å². The number of nitrogens with one attached hydrogen (secondary N) is 1. The molecule has 0 aromatic heterocycles. The first-order valence-electron chi connectivity index (χ1n) is 7.59. The van der Waals surface area contributed by atoms with Gasteiger partial charge in [0.15, 0.2) is 11.5 Å². The van der Waals surface area contributed by atoms with Crippen LogP contribution in [0.4, 0.5) is 0 Å². The molecule has 3 heteroatoms. The van der Waals surface area contributed by atoms with Crippen molar-refractivity contribution in [3.8, 4) is 11.5 Å². The van der Waals surface area contributed by atoms with Gasteiger partial charge in [-0.2, -0.15) is 0 Å². The Morgan fingerprint density at radius 3 is 2.67 bits per heavy atom. The number of hydrogen-bond donors (Lipinski definition) is 3. The maximum Gasteiger partial charge on any atom is 0.160 e. The zero-order valence-electron chi connectivity index (χ0n) is 11.8. The van der Waals surface area contributed by atoms with Crippen molar-refractivity contribution in [3.05, 3.63) is 58.7 Å². The maximum absolute atomic E-state index is 10.2. The van der Waals surface area contributed by atoms with Crippen molar-refractivity contribution in [2.24, 2.45) is 0 Å². The molecular formula is C18H19NO2. The lowest BCUT2D eigenvalue weighted by molar-refractivity contribution is 0.399. The first kappa shape index (κ1) is 12.7. The number of benzene rings is 2. The van der Waals surface area contributed by atoms with Gasteiger partial charge in [0.2, 0.25) is 0 Å². The van der Waals surface area contributed by atoms with Gasteiger partial charge >= 0.3 is 0 Å². The van der Waals surface area contributed by atoms with Crippen LogP contribution >= 0.6 is 0 Å². The van der Waals surface area contributed by atoms with Gasteiger partial charge in [0, 0.05) is 24.6 Å². The van der Waals surface area contributed by atoms with Crippen molar-refractivity contribution in [1.82, 2.24) is 5.32 Å². The lowest BCUT2D eigenvalue weighted by Crippen LogP contribution is -2.22. The van der Waals surface area contributed by atoms with Crippen LogP contribution in [-0.4, -0.2) is 23.3 Å². The Morgan fingerprint density at radius 2 is 1.86 bits per heavy atom. The summed E-state index contributed by atoms with van der Waals surface area (Å²) in [7, 11) is 0. The largest absolute Gasteiger partial charge is 0.504 e. The van der Waals surface area contributed by atoms with E-state index in [-0.39, 0.29) is 17.4 Å². The molecule has 0 saturated heterocycles. The van der Waals surface area contributed by atoms with E-state index in [0.29, 0.717) is 5.92 Å². The fraction of sp³-hybridized carbons (Fsp3) is 0.333. The summed E-state index contributed by atoms with van der Waals surface area (Å²) in [5.41, 5.74) is 4.66. The molecule has 2 aliphatic rings. The molecule has 1 heterocycles. The molecule has 0 bridgehead atoms. The monoisotopic (exact) mass is 281 g/mol. The first-order valence-corrected chi connectivity index (χ1v) is 7.59. The predicted molar refractivity (Wildman–Crippen MR) is 82.0 cm³/mol. The van der Waals surface area contributed by atoms with Gasteiger partial charge in [-0.15, -0.1) is 0 Å². The quantitative estimate of drug-likeness (QED) is 0.705. The highest BCUT2D eigenvalue weighted by atomic mass is 16.3. The van der Waals surface area contributed by atoms with E-state index >= 15 is 0 Å². The Balaban J connectivity index is 1.93.